The number of carbonyl (C=O) groups is 1. The molecule has 1 atom stereocenters. The van der Waals surface area contributed by atoms with Gasteiger partial charge in [0.2, 0.25) is 0 Å². The summed E-state index contributed by atoms with van der Waals surface area (Å²) in [5.74, 6) is 1.39. The lowest BCUT2D eigenvalue weighted by molar-refractivity contribution is -0.142. The standard InChI is InChI=1S/C12H15ClO2S/c1-10(13)12(14)15-7-8-16-9-11-5-3-2-4-6-11/h2-6,10H,7-9H2,1H3. The van der Waals surface area contributed by atoms with Crippen molar-refractivity contribution >= 4 is 29.3 Å². The molecule has 88 valence electrons. The van der Waals surface area contributed by atoms with Crippen molar-refractivity contribution in [3.05, 3.63) is 35.9 Å². The van der Waals surface area contributed by atoms with Crippen molar-refractivity contribution < 1.29 is 9.53 Å². The van der Waals surface area contributed by atoms with E-state index >= 15 is 0 Å². The predicted molar refractivity (Wildman–Crippen MR) is 68.9 cm³/mol. The maximum Gasteiger partial charge on any atom is 0.323 e. The van der Waals surface area contributed by atoms with Crippen molar-refractivity contribution in [1.82, 2.24) is 0 Å². The lowest BCUT2D eigenvalue weighted by atomic mass is 10.2. The van der Waals surface area contributed by atoms with Crippen LogP contribution in [0.1, 0.15) is 12.5 Å². The van der Waals surface area contributed by atoms with E-state index in [2.05, 4.69) is 12.1 Å². The van der Waals surface area contributed by atoms with E-state index in [0.717, 1.165) is 11.5 Å². The summed E-state index contributed by atoms with van der Waals surface area (Å²) in [6.45, 7) is 2.04. The molecule has 1 aromatic carbocycles. The maximum absolute atomic E-state index is 11.0. The lowest BCUT2D eigenvalue weighted by Gasteiger charge is -2.05. The molecule has 0 aromatic heterocycles. The van der Waals surface area contributed by atoms with E-state index in [1.165, 1.54) is 5.56 Å². The van der Waals surface area contributed by atoms with Crippen LogP contribution in [0.5, 0.6) is 0 Å². The van der Waals surface area contributed by atoms with Crippen molar-refractivity contribution in [3.8, 4) is 0 Å². The molecular formula is C12H15ClO2S. The number of benzene rings is 1. The van der Waals surface area contributed by atoms with Crippen molar-refractivity contribution in [2.24, 2.45) is 0 Å². The van der Waals surface area contributed by atoms with Gasteiger partial charge < -0.3 is 4.74 Å². The van der Waals surface area contributed by atoms with Gasteiger partial charge in [-0.05, 0) is 12.5 Å². The fraction of sp³-hybridized carbons (Fsp3) is 0.417. The van der Waals surface area contributed by atoms with Gasteiger partial charge >= 0.3 is 5.97 Å². The summed E-state index contributed by atoms with van der Waals surface area (Å²) in [5, 5.41) is -0.556. The molecule has 0 aliphatic rings. The predicted octanol–water partition coefficient (Wildman–Crippen LogP) is 3.09. The molecular weight excluding hydrogens is 244 g/mol. The Hall–Kier alpha value is -0.670. The molecule has 0 saturated carbocycles. The minimum atomic E-state index is -0.556. The van der Waals surface area contributed by atoms with Gasteiger partial charge in [-0.1, -0.05) is 30.3 Å². The monoisotopic (exact) mass is 258 g/mol. The van der Waals surface area contributed by atoms with Gasteiger partial charge in [0.15, 0.2) is 0 Å². The fourth-order valence-electron chi connectivity index (χ4n) is 1.08. The third-order valence-corrected chi connectivity index (χ3v) is 3.08. The van der Waals surface area contributed by atoms with Crippen LogP contribution in [-0.2, 0) is 15.3 Å². The van der Waals surface area contributed by atoms with Crippen LogP contribution in [0.25, 0.3) is 0 Å². The number of ether oxygens (including phenoxy) is 1. The molecule has 0 heterocycles. The maximum atomic E-state index is 11.0. The first-order valence-electron chi connectivity index (χ1n) is 5.12. The number of esters is 1. The average Bonchev–Trinajstić information content (AvgIpc) is 2.29. The first-order chi connectivity index (χ1) is 7.70. The SMILES string of the molecule is CC(Cl)C(=O)OCCSCc1ccccc1. The number of halogens is 1. The summed E-state index contributed by atoms with van der Waals surface area (Å²) >= 11 is 7.30. The zero-order chi connectivity index (χ0) is 11.8. The summed E-state index contributed by atoms with van der Waals surface area (Å²) in [6, 6.07) is 10.2. The number of hydrogen-bond donors (Lipinski definition) is 0. The van der Waals surface area contributed by atoms with Crippen LogP contribution >= 0.6 is 23.4 Å². The van der Waals surface area contributed by atoms with E-state index in [-0.39, 0.29) is 5.97 Å². The molecule has 0 aliphatic heterocycles. The van der Waals surface area contributed by atoms with Crippen LogP contribution in [0.3, 0.4) is 0 Å². The Morgan fingerprint density at radius 1 is 1.44 bits per heavy atom. The van der Waals surface area contributed by atoms with Gasteiger partial charge in [-0.15, -0.1) is 11.6 Å². The fourth-order valence-corrected chi connectivity index (χ4v) is 1.92. The molecule has 0 radical (unpaired) electrons. The van der Waals surface area contributed by atoms with Crippen LogP contribution in [0.2, 0.25) is 0 Å². The average molecular weight is 259 g/mol. The Balaban J connectivity index is 2.07. The Kier molecular flexibility index (Phi) is 6.34. The molecule has 1 rings (SSSR count). The quantitative estimate of drug-likeness (QED) is 0.446. The van der Waals surface area contributed by atoms with Crippen molar-refractivity contribution in [1.29, 1.82) is 0 Å². The first kappa shape index (κ1) is 13.4. The highest BCUT2D eigenvalue weighted by Gasteiger charge is 2.09. The molecule has 0 aliphatic carbocycles. The summed E-state index contributed by atoms with van der Waals surface area (Å²) in [6.07, 6.45) is 0. The third-order valence-electron chi connectivity index (χ3n) is 1.91. The summed E-state index contributed by atoms with van der Waals surface area (Å²) < 4.78 is 4.95. The molecule has 0 amide bonds. The van der Waals surface area contributed by atoms with Crippen LogP contribution in [0.4, 0.5) is 0 Å². The molecule has 0 spiro atoms. The second kappa shape index (κ2) is 7.58. The number of hydrogen-bond acceptors (Lipinski definition) is 3. The molecule has 0 saturated heterocycles. The Bertz CT molecular complexity index is 314. The molecule has 1 unspecified atom stereocenters. The van der Waals surface area contributed by atoms with Gasteiger partial charge in [-0.2, -0.15) is 11.8 Å². The lowest BCUT2D eigenvalue weighted by Crippen LogP contribution is -2.15. The van der Waals surface area contributed by atoms with Gasteiger partial charge in [0.25, 0.3) is 0 Å². The van der Waals surface area contributed by atoms with Crippen molar-refractivity contribution in [2.45, 2.75) is 18.1 Å². The topological polar surface area (TPSA) is 26.3 Å². The molecule has 16 heavy (non-hydrogen) atoms. The van der Waals surface area contributed by atoms with E-state index in [9.17, 15) is 4.79 Å². The van der Waals surface area contributed by atoms with E-state index in [1.807, 2.05) is 18.2 Å². The Morgan fingerprint density at radius 3 is 2.75 bits per heavy atom. The van der Waals surface area contributed by atoms with Crippen LogP contribution in [0, 0.1) is 0 Å². The van der Waals surface area contributed by atoms with Gasteiger partial charge in [-0.3, -0.25) is 4.79 Å². The second-order valence-electron chi connectivity index (χ2n) is 3.32. The third kappa shape index (κ3) is 5.42. The normalized spacial score (nSPS) is 12.1. The number of thioether (sulfide) groups is 1. The van der Waals surface area contributed by atoms with Gasteiger partial charge in [0, 0.05) is 11.5 Å². The zero-order valence-corrected chi connectivity index (χ0v) is 10.8. The van der Waals surface area contributed by atoms with Gasteiger partial charge in [-0.25, -0.2) is 0 Å². The molecule has 4 heteroatoms. The summed E-state index contributed by atoms with van der Waals surface area (Å²) in [5.41, 5.74) is 1.28. The van der Waals surface area contributed by atoms with Gasteiger partial charge in [0.05, 0.1) is 0 Å². The minimum absolute atomic E-state index is 0.345. The number of carbonyl (C=O) groups excluding carboxylic acids is 1. The Labute approximate surface area is 105 Å². The van der Waals surface area contributed by atoms with Crippen molar-refractivity contribution in [3.63, 3.8) is 0 Å². The molecule has 0 bridgehead atoms. The Morgan fingerprint density at radius 2 is 2.12 bits per heavy atom. The number of alkyl halides is 1. The van der Waals surface area contributed by atoms with E-state index in [4.69, 9.17) is 16.3 Å². The van der Waals surface area contributed by atoms with Gasteiger partial charge in [0.1, 0.15) is 12.0 Å². The number of rotatable bonds is 6. The van der Waals surface area contributed by atoms with Crippen molar-refractivity contribution in [2.75, 3.05) is 12.4 Å². The first-order valence-corrected chi connectivity index (χ1v) is 6.71. The summed E-state index contributed by atoms with van der Waals surface area (Å²) in [4.78, 5) is 11.0. The highest BCUT2D eigenvalue weighted by atomic mass is 35.5. The highest BCUT2D eigenvalue weighted by Crippen LogP contribution is 2.11. The van der Waals surface area contributed by atoms with E-state index in [1.54, 1.807) is 18.7 Å². The second-order valence-corrected chi connectivity index (χ2v) is 5.08. The van der Waals surface area contributed by atoms with Crippen LogP contribution in [0.15, 0.2) is 30.3 Å². The minimum Gasteiger partial charge on any atom is -0.464 e. The summed E-state index contributed by atoms with van der Waals surface area (Å²) in [7, 11) is 0. The molecule has 0 fully saturated rings. The van der Waals surface area contributed by atoms with Crippen LogP contribution in [-0.4, -0.2) is 23.7 Å². The zero-order valence-electron chi connectivity index (χ0n) is 9.19. The highest BCUT2D eigenvalue weighted by molar-refractivity contribution is 7.98. The van der Waals surface area contributed by atoms with E-state index < -0.39 is 5.38 Å². The van der Waals surface area contributed by atoms with Crippen LogP contribution < -0.4 is 0 Å². The largest absolute Gasteiger partial charge is 0.464 e. The smallest absolute Gasteiger partial charge is 0.323 e. The molecule has 0 N–H and O–H groups in total. The van der Waals surface area contributed by atoms with E-state index in [0.29, 0.717) is 6.61 Å². The molecule has 2 nitrogen and oxygen atoms in total. The molecule has 1 aromatic rings.